The molecule has 5 rings (SSSR count). The second-order valence-electron chi connectivity index (χ2n) is 8.28. The Morgan fingerprint density at radius 1 is 1.19 bits per heavy atom. The molecule has 2 aromatic heterocycles. The number of carbonyl (C=O) groups is 2. The summed E-state index contributed by atoms with van der Waals surface area (Å²) in [6.45, 7) is 4.13. The fourth-order valence-electron chi connectivity index (χ4n) is 4.31. The number of fused-ring (bicyclic) bond motifs is 1. The average molecular weight is 536 g/mol. The highest BCUT2D eigenvalue weighted by atomic mass is 35.5. The highest BCUT2D eigenvalue weighted by molar-refractivity contribution is 7.22. The summed E-state index contributed by atoms with van der Waals surface area (Å²) < 4.78 is 11.7. The lowest BCUT2D eigenvalue weighted by atomic mass is 9.98. The van der Waals surface area contributed by atoms with Crippen LogP contribution in [0.4, 0.5) is 5.13 Å². The summed E-state index contributed by atoms with van der Waals surface area (Å²) in [6, 6.07) is 12.6. The van der Waals surface area contributed by atoms with Crippen LogP contribution in [0.15, 0.2) is 60.3 Å². The number of methoxy groups -OCH3 is 1. The van der Waals surface area contributed by atoms with E-state index in [0.717, 1.165) is 10.3 Å². The molecule has 8 nitrogen and oxygen atoms in total. The number of carbonyl (C=O) groups excluding carboxylic acids is 2. The number of ketones is 1. The van der Waals surface area contributed by atoms with E-state index in [-0.39, 0.29) is 16.2 Å². The van der Waals surface area contributed by atoms with Gasteiger partial charge in [0, 0.05) is 11.8 Å². The number of aromatic nitrogens is 2. The zero-order chi connectivity index (χ0) is 26.3. The van der Waals surface area contributed by atoms with Crippen LogP contribution in [0.2, 0.25) is 5.02 Å². The van der Waals surface area contributed by atoms with E-state index in [1.165, 1.54) is 22.3 Å². The van der Waals surface area contributed by atoms with Crippen molar-refractivity contribution in [3.05, 3.63) is 82.1 Å². The summed E-state index contributed by atoms with van der Waals surface area (Å²) in [4.78, 5) is 37.2. The first-order valence-electron chi connectivity index (χ1n) is 11.4. The second-order valence-corrected chi connectivity index (χ2v) is 9.70. The molecule has 2 aromatic carbocycles. The first-order chi connectivity index (χ1) is 17.8. The van der Waals surface area contributed by atoms with Crippen LogP contribution in [0.3, 0.4) is 0 Å². The van der Waals surface area contributed by atoms with Crippen molar-refractivity contribution in [3.63, 3.8) is 0 Å². The van der Waals surface area contributed by atoms with E-state index in [4.69, 9.17) is 21.1 Å². The number of aliphatic hydroxyl groups excluding tert-OH is 1. The van der Waals surface area contributed by atoms with E-state index in [1.54, 1.807) is 43.6 Å². The van der Waals surface area contributed by atoms with Crippen molar-refractivity contribution in [3.8, 4) is 11.5 Å². The van der Waals surface area contributed by atoms with E-state index < -0.39 is 23.5 Å². The summed E-state index contributed by atoms with van der Waals surface area (Å²) in [5, 5.41) is 11.9. The molecule has 0 aliphatic carbocycles. The highest BCUT2D eigenvalue weighted by Gasteiger charge is 2.49. The van der Waals surface area contributed by atoms with Crippen molar-refractivity contribution in [1.82, 2.24) is 9.97 Å². The SMILES string of the molecule is CCOc1ccc(Cl)c(/C(O)=C2\C(=O)C(=O)N(c3nc4cc(C)c(OC)cc4s3)C2c2ccccn2)c1. The van der Waals surface area contributed by atoms with Crippen LogP contribution in [-0.4, -0.2) is 40.5 Å². The molecule has 1 saturated heterocycles. The number of ether oxygens (including phenoxy) is 2. The molecule has 37 heavy (non-hydrogen) atoms. The van der Waals surface area contributed by atoms with Gasteiger partial charge in [0.1, 0.15) is 23.3 Å². The maximum Gasteiger partial charge on any atom is 0.301 e. The predicted octanol–water partition coefficient (Wildman–Crippen LogP) is 5.69. The molecule has 0 bridgehead atoms. The zero-order valence-electron chi connectivity index (χ0n) is 20.2. The Hall–Kier alpha value is -3.95. The fourth-order valence-corrected chi connectivity index (χ4v) is 5.51. The van der Waals surface area contributed by atoms with Gasteiger partial charge in [0.15, 0.2) is 5.13 Å². The summed E-state index contributed by atoms with van der Waals surface area (Å²) in [5.74, 6) is -0.944. The summed E-state index contributed by atoms with van der Waals surface area (Å²) in [6.07, 6.45) is 1.56. The lowest BCUT2D eigenvalue weighted by Crippen LogP contribution is -2.29. The van der Waals surface area contributed by atoms with Crippen LogP contribution in [0.25, 0.3) is 16.0 Å². The van der Waals surface area contributed by atoms with E-state index in [0.29, 0.717) is 34.4 Å². The van der Waals surface area contributed by atoms with Crippen LogP contribution in [0.5, 0.6) is 11.5 Å². The Morgan fingerprint density at radius 3 is 2.70 bits per heavy atom. The van der Waals surface area contributed by atoms with Crippen LogP contribution in [0.1, 0.15) is 29.8 Å². The number of benzene rings is 2. The second kappa shape index (κ2) is 9.84. The van der Waals surface area contributed by atoms with Crippen molar-refractivity contribution >= 4 is 55.7 Å². The van der Waals surface area contributed by atoms with E-state index in [2.05, 4.69) is 9.97 Å². The summed E-state index contributed by atoms with van der Waals surface area (Å²) in [7, 11) is 1.58. The molecule has 0 radical (unpaired) electrons. The van der Waals surface area contributed by atoms with Gasteiger partial charge in [-0.2, -0.15) is 0 Å². The molecule has 1 atom stereocenters. The number of pyridine rings is 1. The van der Waals surface area contributed by atoms with Crippen LogP contribution < -0.4 is 14.4 Å². The van der Waals surface area contributed by atoms with Crippen molar-refractivity contribution in [2.75, 3.05) is 18.6 Å². The van der Waals surface area contributed by atoms with Gasteiger partial charge < -0.3 is 14.6 Å². The number of aryl methyl sites for hydroxylation is 1. The first-order valence-corrected chi connectivity index (χ1v) is 12.6. The molecule has 10 heteroatoms. The molecule has 4 aromatic rings. The Kier molecular flexibility index (Phi) is 6.57. The molecular weight excluding hydrogens is 514 g/mol. The summed E-state index contributed by atoms with van der Waals surface area (Å²) >= 11 is 7.64. The maximum absolute atomic E-state index is 13.4. The smallest absolute Gasteiger partial charge is 0.301 e. The predicted molar refractivity (Wildman–Crippen MR) is 143 cm³/mol. The molecule has 1 N–H and O–H groups in total. The van der Waals surface area contributed by atoms with Crippen LogP contribution in [0, 0.1) is 6.92 Å². The third-order valence-electron chi connectivity index (χ3n) is 6.02. The number of hydrogen-bond acceptors (Lipinski definition) is 8. The number of rotatable bonds is 6. The number of amides is 1. The van der Waals surface area contributed by atoms with Crippen LogP contribution >= 0.6 is 22.9 Å². The minimum Gasteiger partial charge on any atom is -0.507 e. The average Bonchev–Trinajstić information content (AvgIpc) is 3.42. The van der Waals surface area contributed by atoms with E-state index in [9.17, 15) is 14.7 Å². The number of anilines is 1. The standard InChI is InChI=1S/C27H22ClN3O5S/c1-4-36-15-8-9-17(28)16(12-15)24(32)22-23(18-7-5-6-10-29-18)31(26(34)25(22)33)27-30-19-11-14(2)20(35-3)13-21(19)37-27/h5-13,23,32H,4H2,1-3H3/b24-22+. The Labute approximate surface area is 221 Å². The van der Waals surface area contributed by atoms with Crippen LogP contribution in [-0.2, 0) is 9.59 Å². The molecule has 1 fully saturated rings. The Balaban J connectivity index is 1.72. The molecule has 0 spiro atoms. The monoisotopic (exact) mass is 535 g/mol. The van der Waals surface area contributed by atoms with Gasteiger partial charge >= 0.3 is 5.91 Å². The number of nitrogens with zero attached hydrogens (tertiary/aromatic N) is 3. The highest BCUT2D eigenvalue weighted by Crippen LogP contribution is 2.45. The minimum absolute atomic E-state index is 0.132. The lowest BCUT2D eigenvalue weighted by Gasteiger charge is -2.22. The third kappa shape index (κ3) is 4.30. The number of thiazole rings is 1. The largest absolute Gasteiger partial charge is 0.507 e. The van der Waals surface area contributed by atoms with Gasteiger partial charge in [-0.3, -0.25) is 19.5 Å². The van der Waals surface area contributed by atoms with Gasteiger partial charge in [-0.05, 0) is 61.9 Å². The molecule has 3 heterocycles. The zero-order valence-corrected chi connectivity index (χ0v) is 21.8. The fraction of sp³-hybridized carbons (Fsp3) is 0.185. The van der Waals surface area contributed by atoms with Gasteiger partial charge in [0.2, 0.25) is 0 Å². The van der Waals surface area contributed by atoms with E-state index >= 15 is 0 Å². The number of hydrogen-bond donors (Lipinski definition) is 1. The molecule has 1 aliphatic rings. The number of Topliss-reactive ketones (excluding diaryl/α,β-unsaturated/α-hetero) is 1. The number of halogens is 1. The van der Waals surface area contributed by atoms with Gasteiger partial charge in [0.05, 0.1) is 40.2 Å². The normalized spacial score (nSPS) is 17.0. The number of aliphatic hydroxyl groups is 1. The van der Waals surface area contributed by atoms with Crippen molar-refractivity contribution in [2.45, 2.75) is 19.9 Å². The van der Waals surface area contributed by atoms with Crippen molar-refractivity contribution in [2.24, 2.45) is 0 Å². The van der Waals surface area contributed by atoms with E-state index in [1.807, 2.05) is 26.0 Å². The Bertz CT molecular complexity index is 1570. The topological polar surface area (TPSA) is 102 Å². The molecular formula is C27H22ClN3O5S. The quantitative estimate of drug-likeness (QED) is 0.192. The molecule has 188 valence electrons. The van der Waals surface area contributed by atoms with Gasteiger partial charge in [-0.25, -0.2) is 4.98 Å². The molecule has 0 saturated carbocycles. The van der Waals surface area contributed by atoms with Gasteiger partial charge in [0.25, 0.3) is 5.78 Å². The Morgan fingerprint density at radius 2 is 2.00 bits per heavy atom. The molecule has 1 aliphatic heterocycles. The first kappa shape index (κ1) is 24.7. The minimum atomic E-state index is -1.02. The lowest BCUT2D eigenvalue weighted by molar-refractivity contribution is -0.132. The molecule has 1 amide bonds. The van der Waals surface area contributed by atoms with Crippen molar-refractivity contribution in [1.29, 1.82) is 0 Å². The van der Waals surface area contributed by atoms with Gasteiger partial charge in [-0.1, -0.05) is 29.0 Å². The van der Waals surface area contributed by atoms with Gasteiger partial charge in [-0.15, -0.1) is 0 Å². The third-order valence-corrected chi connectivity index (χ3v) is 7.36. The summed E-state index contributed by atoms with van der Waals surface area (Å²) in [5.41, 5.74) is 1.99. The molecule has 1 unspecified atom stereocenters. The maximum atomic E-state index is 13.4. The van der Waals surface area contributed by atoms with Crippen molar-refractivity contribution < 1.29 is 24.2 Å².